The summed E-state index contributed by atoms with van der Waals surface area (Å²) < 4.78 is 26.3. The van der Waals surface area contributed by atoms with Gasteiger partial charge in [-0.2, -0.15) is 0 Å². The molecule has 0 fully saturated rings. The van der Waals surface area contributed by atoms with Crippen molar-refractivity contribution in [3.8, 4) is 84.6 Å². The van der Waals surface area contributed by atoms with Crippen LogP contribution >= 0.6 is 0 Å². The standard InChI is InChI=1S/C93H54N6O3/c1-7-22-79-67(16-1)70-42-32-57(60-35-45-76-73-19-4-10-25-85(73)100-88(76)52-60)49-82(70)97(79)64-38-28-55(29-39-64)91-94-92(56-30-40-65(41-31-56)98-80-23-8-2-17-68(80)71-43-33-58(50-83(71)98)61-36-46-77-74-20-5-11-26-86(74)101-89(77)53-61)96-93(95-91)63-14-13-15-66(48-63)99-81-24-9-3-18-69(81)72-44-34-59(51-84(72)99)62-37-47-78-75-21-6-12-27-87(75)102-90(78)54-62/h1-54H. The van der Waals surface area contributed by atoms with Crippen LogP contribution in [0.5, 0.6) is 0 Å². The predicted octanol–water partition coefficient (Wildman–Crippen LogP) is 24.9. The molecule has 0 saturated heterocycles. The first kappa shape index (κ1) is 56.2. The van der Waals surface area contributed by atoms with Gasteiger partial charge in [-0.3, -0.25) is 0 Å². The van der Waals surface area contributed by atoms with E-state index in [4.69, 9.17) is 28.2 Å². The van der Waals surface area contributed by atoms with Crippen LogP contribution in [0.1, 0.15) is 0 Å². The first-order valence-corrected chi connectivity index (χ1v) is 34.4. The van der Waals surface area contributed by atoms with E-state index in [0.29, 0.717) is 17.5 Å². The molecule has 15 aromatic carbocycles. The molecule has 0 aliphatic carbocycles. The average Bonchev–Trinajstić information content (AvgIpc) is 1.58. The summed E-state index contributed by atoms with van der Waals surface area (Å²) in [5, 5.41) is 13.7. The van der Waals surface area contributed by atoms with Gasteiger partial charge in [0.2, 0.25) is 0 Å². The summed E-state index contributed by atoms with van der Waals surface area (Å²) in [6, 6.07) is 117. The Labute approximate surface area is 581 Å². The van der Waals surface area contributed by atoms with Crippen molar-refractivity contribution in [2.24, 2.45) is 0 Å². The van der Waals surface area contributed by atoms with Crippen LogP contribution in [0.3, 0.4) is 0 Å². The summed E-state index contributed by atoms with van der Waals surface area (Å²) in [6.07, 6.45) is 0. The Hall–Kier alpha value is -13.9. The fraction of sp³-hybridized carbons (Fsp3) is 0. The lowest BCUT2D eigenvalue weighted by Gasteiger charge is -2.13. The third-order valence-corrected chi connectivity index (χ3v) is 20.9. The lowest BCUT2D eigenvalue weighted by Crippen LogP contribution is -2.02. The van der Waals surface area contributed by atoms with Crippen LogP contribution in [0.15, 0.2) is 341 Å². The van der Waals surface area contributed by atoms with E-state index in [-0.39, 0.29) is 0 Å². The lowest BCUT2D eigenvalue weighted by molar-refractivity contribution is 0.668. The van der Waals surface area contributed by atoms with Gasteiger partial charge in [0.25, 0.3) is 0 Å². The molecule has 0 unspecified atom stereocenters. The molecule has 22 rings (SSSR count). The molecule has 7 aromatic heterocycles. The summed E-state index contributed by atoms with van der Waals surface area (Å²) in [4.78, 5) is 16.3. The molecule has 0 radical (unpaired) electrons. The number of aromatic nitrogens is 6. The SMILES string of the molecule is c1cc(-c2nc(-c3ccc(-n4c5ccccc5c5ccc(-c6ccc7c(c6)oc6ccccc67)cc54)cc3)nc(-c3ccc(-n4c5ccccc5c5ccc(-c6ccc7c(c6)oc6ccccc67)cc54)cc3)n2)cc(-n2c3ccccc3c3ccc(-c4ccc5c(c4)oc4ccccc45)cc32)c1. The molecule has 0 saturated carbocycles. The van der Waals surface area contributed by atoms with Gasteiger partial charge < -0.3 is 27.0 Å². The van der Waals surface area contributed by atoms with Gasteiger partial charge in [0.1, 0.15) is 33.5 Å². The van der Waals surface area contributed by atoms with Crippen molar-refractivity contribution < 1.29 is 13.3 Å². The molecule has 22 aromatic rings. The van der Waals surface area contributed by atoms with Crippen molar-refractivity contribution in [3.63, 3.8) is 0 Å². The van der Waals surface area contributed by atoms with Crippen LogP contribution in [0.25, 0.3) is 216 Å². The molecule has 0 aliphatic heterocycles. The molecule has 0 atom stereocenters. The van der Waals surface area contributed by atoms with Gasteiger partial charge in [0.15, 0.2) is 17.5 Å². The van der Waals surface area contributed by atoms with Gasteiger partial charge in [-0.25, -0.2) is 15.0 Å². The fourth-order valence-electron chi connectivity index (χ4n) is 16.1. The lowest BCUT2D eigenvalue weighted by atomic mass is 10.0. The molecular weight excluding hydrogens is 1250 g/mol. The highest BCUT2D eigenvalue weighted by molar-refractivity contribution is 6.15. The molecule has 0 aliphatic rings. The third kappa shape index (κ3) is 8.68. The van der Waals surface area contributed by atoms with Crippen LogP contribution in [-0.2, 0) is 0 Å². The van der Waals surface area contributed by atoms with Crippen molar-refractivity contribution >= 4 is 131 Å². The summed E-state index contributed by atoms with van der Waals surface area (Å²) in [6.45, 7) is 0. The maximum Gasteiger partial charge on any atom is 0.164 e. The van der Waals surface area contributed by atoms with Crippen LogP contribution in [-0.4, -0.2) is 28.7 Å². The zero-order chi connectivity index (χ0) is 66.7. The van der Waals surface area contributed by atoms with Crippen molar-refractivity contribution in [3.05, 3.63) is 328 Å². The van der Waals surface area contributed by atoms with Gasteiger partial charge in [-0.1, -0.05) is 176 Å². The van der Waals surface area contributed by atoms with E-state index in [0.717, 1.165) is 177 Å². The van der Waals surface area contributed by atoms with Crippen molar-refractivity contribution in [2.75, 3.05) is 0 Å². The monoisotopic (exact) mass is 1300 g/mol. The molecule has 474 valence electrons. The quantitative estimate of drug-likeness (QED) is 0.143. The highest BCUT2D eigenvalue weighted by Gasteiger charge is 2.22. The van der Waals surface area contributed by atoms with Gasteiger partial charge in [0.05, 0.1) is 33.1 Å². The average molecular weight is 1300 g/mol. The van der Waals surface area contributed by atoms with E-state index in [2.05, 4.69) is 305 Å². The van der Waals surface area contributed by atoms with E-state index < -0.39 is 0 Å². The van der Waals surface area contributed by atoms with E-state index in [1.165, 1.54) is 21.5 Å². The van der Waals surface area contributed by atoms with E-state index in [1.54, 1.807) is 0 Å². The van der Waals surface area contributed by atoms with Crippen molar-refractivity contribution in [1.82, 2.24) is 28.7 Å². The van der Waals surface area contributed by atoms with Gasteiger partial charge in [-0.15, -0.1) is 0 Å². The highest BCUT2D eigenvalue weighted by Crippen LogP contribution is 2.43. The Morgan fingerprint density at radius 1 is 0.167 bits per heavy atom. The highest BCUT2D eigenvalue weighted by atomic mass is 16.3. The fourth-order valence-corrected chi connectivity index (χ4v) is 16.1. The molecule has 7 heterocycles. The maximum absolute atomic E-state index is 6.40. The summed E-state index contributed by atoms with van der Waals surface area (Å²) in [5.41, 5.74) is 24.0. The second-order valence-electron chi connectivity index (χ2n) is 26.6. The number of fused-ring (bicyclic) bond motifs is 18. The molecule has 0 spiro atoms. The van der Waals surface area contributed by atoms with Crippen LogP contribution < -0.4 is 0 Å². The molecule has 102 heavy (non-hydrogen) atoms. The number of hydrogen-bond acceptors (Lipinski definition) is 6. The van der Waals surface area contributed by atoms with Gasteiger partial charge in [-0.05, 0) is 185 Å². The largest absolute Gasteiger partial charge is 0.456 e. The Morgan fingerprint density at radius 3 is 0.814 bits per heavy atom. The molecule has 0 amide bonds. The van der Waals surface area contributed by atoms with Crippen molar-refractivity contribution in [2.45, 2.75) is 0 Å². The van der Waals surface area contributed by atoms with Crippen LogP contribution in [0, 0.1) is 0 Å². The number of nitrogens with zero attached hydrogens (tertiary/aromatic N) is 6. The summed E-state index contributed by atoms with van der Waals surface area (Å²) in [5.74, 6) is 1.66. The zero-order valence-corrected chi connectivity index (χ0v) is 54.6. The topological polar surface area (TPSA) is 92.9 Å². The van der Waals surface area contributed by atoms with E-state index in [1.807, 2.05) is 36.4 Å². The Morgan fingerprint density at radius 2 is 0.441 bits per heavy atom. The Balaban J connectivity index is 0.675. The second kappa shape index (κ2) is 21.8. The minimum absolute atomic E-state index is 0.553. The number of rotatable bonds is 9. The van der Waals surface area contributed by atoms with E-state index >= 15 is 0 Å². The normalized spacial score (nSPS) is 12.1. The first-order valence-electron chi connectivity index (χ1n) is 34.4. The van der Waals surface area contributed by atoms with Crippen LogP contribution in [0.4, 0.5) is 0 Å². The Bertz CT molecular complexity index is 6970. The molecule has 9 nitrogen and oxygen atoms in total. The number of para-hydroxylation sites is 6. The minimum atomic E-state index is 0.553. The zero-order valence-electron chi connectivity index (χ0n) is 54.6. The minimum Gasteiger partial charge on any atom is -0.456 e. The molecule has 0 bridgehead atoms. The second-order valence-corrected chi connectivity index (χ2v) is 26.6. The number of furan rings is 3. The van der Waals surface area contributed by atoms with Gasteiger partial charge in [0, 0.05) is 98.4 Å². The van der Waals surface area contributed by atoms with Gasteiger partial charge >= 0.3 is 0 Å². The summed E-state index contributed by atoms with van der Waals surface area (Å²) in [7, 11) is 0. The number of hydrogen-bond donors (Lipinski definition) is 0. The molecule has 0 N–H and O–H groups in total. The molecular formula is C93H54N6O3. The van der Waals surface area contributed by atoms with Crippen molar-refractivity contribution in [1.29, 1.82) is 0 Å². The van der Waals surface area contributed by atoms with E-state index in [9.17, 15) is 0 Å². The maximum atomic E-state index is 6.40. The predicted molar refractivity (Wildman–Crippen MR) is 417 cm³/mol. The van der Waals surface area contributed by atoms with Crippen LogP contribution in [0.2, 0.25) is 0 Å². The first-order chi connectivity index (χ1) is 50.5. The summed E-state index contributed by atoms with van der Waals surface area (Å²) >= 11 is 0. The smallest absolute Gasteiger partial charge is 0.164 e. The molecule has 9 heteroatoms. The number of benzene rings is 15. The third-order valence-electron chi connectivity index (χ3n) is 20.9. The Kier molecular flexibility index (Phi) is 12.0.